The molecule has 1 atom stereocenters. The molecule has 0 saturated carbocycles. The lowest BCUT2D eigenvalue weighted by molar-refractivity contribution is -0.111. The van der Waals surface area contributed by atoms with Crippen LogP contribution in [0, 0.1) is 0 Å². The number of anilines is 2. The van der Waals surface area contributed by atoms with Crippen molar-refractivity contribution in [3.63, 3.8) is 0 Å². The van der Waals surface area contributed by atoms with E-state index < -0.39 is 0 Å². The fourth-order valence-corrected chi connectivity index (χ4v) is 3.72. The highest BCUT2D eigenvalue weighted by Crippen LogP contribution is 2.32. The number of likely N-dealkylation sites (tertiary alicyclic amines) is 1. The van der Waals surface area contributed by atoms with Crippen LogP contribution in [0.4, 0.5) is 11.5 Å². The van der Waals surface area contributed by atoms with Crippen LogP contribution in [0.25, 0.3) is 10.9 Å². The number of halogens is 1. The molecule has 3 rings (SSSR count). The molecule has 2 heterocycles. The highest BCUT2D eigenvalue weighted by molar-refractivity contribution is 6.31. The fraction of sp³-hybridized carbons (Fsp3) is 0.346. The van der Waals surface area contributed by atoms with Crippen LogP contribution >= 0.6 is 11.6 Å². The second-order valence-electron chi connectivity index (χ2n) is 8.35. The Morgan fingerprint density at radius 3 is 2.71 bits per heavy atom. The average molecular weight is 498 g/mol. The maximum absolute atomic E-state index is 12.6. The molecule has 1 amide bonds. The van der Waals surface area contributed by atoms with Crippen molar-refractivity contribution in [1.29, 1.82) is 0 Å². The van der Waals surface area contributed by atoms with Gasteiger partial charge in [0.25, 0.3) is 0 Å². The molecule has 1 aromatic heterocycles. The Kier molecular flexibility index (Phi) is 9.42. The van der Waals surface area contributed by atoms with Crippen LogP contribution in [-0.4, -0.2) is 60.7 Å². The van der Waals surface area contributed by atoms with Crippen LogP contribution in [0.2, 0.25) is 0 Å². The summed E-state index contributed by atoms with van der Waals surface area (Å²) < 4.78 is 10.7. The minimum Gasteiger partial charge on any atom is -0.494 e. The van der Waals surface area contributed by atoms with E-state index >= 15 is 0 Å². The van der Waals surface area contributed by atoms with E-state index in [4.69, 9.17) is 21.1 Å². The maximum Gasteiger partial charge on any atom is 0.248 e. The van der Waals surface area contributed by atoms with Crippen LogP contribution in [-0.2, 0) is 9.53 Å². The number of amides is 1. The van der Waals surface area contributed by atoms with Gasteiger partial charge in [-0.1, -0.05) is 29.8 Å². The van der Waals surface area contributed by atoms with Gasteiger partial charge < -0.3 is 20.1 Å². The molecule has 186 valence electrons. The first-order chi connectivity index (χ1) is 16.9. The van der Waals surface area contributed by atoms with Crippen molar-refractivity contribution < 1.29 is 14.3 Å². The Morgan fingerprint density at radius 1 is 1.29 bits per heavy atom. The second kappa shape index (κ2) is 12.5. The molecule has 8 nitrogen and oxygen atoms in total. The van der Waals surface area contributed by atoms with Crippen LogP contribution in [0.15, 0.2) is 65.6 Å². The van der Waals surface area contributed by atoms with E-state index in [0.717, 1.165) is 18.5 Å². The normalized spacial score (nSPS) is 16.1. The van der Waals surface area contributed by atoms with Gasteiger partial charge in [0.2, 0.25) is 5.91 Å². The molecule has 2 aromatic rings. The van der Waals surface area contributed by atoms with Gasteiger partial charge in [0, 0.05) is 54.5 Å². The van der Waals surface area contributed by atoms with E-state index in [-0.39, 0.29) is 5.91 Å². The number of aromatic nitrogens is 2. The smallest absolute Gasteiger partial charge is 0.248 e. The summed E-state index contributed by atoms with van der Waals surface area (Å²) in [5.41, 5.74) is 2.83. The number of nitrogens with zero attached hydrogens (tertiary/aromatic N) is 3. The first kappa shape index (κ1) is 26.4. The van der Waals surface area contributed by atoms with E-state index in [2.05, 4.69) is 32.1 Å². The summed E-state index contributed by atoms with van der Waals surface area (Å²) in [7, 11) is 3.25. The summed E-state index contributed by atoms with van der Waals surface area (Å²) >= 11 is 6.30. The fourth-order valence-electron chi connectivity index (χ4n) is 3.60. The SMILES string of the molecule is C=C/C(=C\C(Cl)=C(C)C)Nc1ncnc2cc(OC)c(NC(=O)/C=C/CN3CC[C@H]3COC)cc12. The Balaban J connectivity index is 1.81. The Bertz CT molecular complexity index is 1170. The molecule has 1 aliphatic rings. The minimum absolute atomic E-state index is 0.250. The predicted octanol–water partition coefficient (Wildman–Crippen LogP) is 4.87. The first-order valence-corrected chi connectivity index (χ1v) is 11.7. The monoisotopic (exact) mass is 497 g/mol. The van der Waals surface area contributed by atoms with Crippen molar-refractivity contribution in [2.24, 2.45) is 0 Å². The van der Waals surface area contributed by atoms with Crippen molar-refractivity contribution in [2.45, 2.75) is 26.3 Å². The van der Waals surface area contributed by atoms with Gasteiger partial charge >= 0.3 is 0 Å². The lowest BCUT2D eigenvalue weighted by Crippen LogP contribution is -2.50. The van der Waals surface area contributed by atoms with Crippen molar-refractivity contribution in [2.75, 3.05) is 44.5 Å². The van der Waals surface area contributed by atoms with Gasteiger partial charge in [-0.15, -0.1) is 0 Å². The molecule has 0 unspecified atom stereocenters. The standard InChI is InChI=1S/C26H32ClN5O3/c1-6-18(12-21(27)17(2)3)30-26-20-13-23(24(35-5)14-22(20)28-16-29-26)31-25(33)8-7-10-32-11-9-19(32)15-34-4/h6-8,12-14,16,19H,1,9-11,15H2,2-5H3,(H,31,33)(H,28,29,30)/b8-7+,18-12+/t19-/m0/s1. The zero-order valence-electron chi connectivity index (χ0n) is 20.6. The molecule has 0 aliphatic carbocycles. The van der Waals surface area contributed by atoms with E-state index in [9.17, 15) is 4.79 Å². The van der Waals surface area contributed by atoms with Crippen molar-refractivity contribution in [1.82, 2.24) is 14.9 Å². The van der Waals surface area contributed by atoms with Gasteiger partial charge in [-0.05, 0) is 38.5 Å². The Hall–Kier alpha value is -3.20. The number of benzene rings is 1. The molecule has 2 N–H and O–H groups in total. The van der Waals surface area contributed by atoms with Crippen molar-refractivity contribution in [3.8, 4) is 5.75 Å². The number of nitrogens with one attached hydrogen (secondary N) is 2. The third kappa shape index (κ3) is 6.91. The van der Waals surface area contributed by atoms with Gasteiger partial charge in [0.15, 0.2) is 0 Å². The molecule has 0 radical (unpaired) electrons. The molecule has 1 saturated heterocycles. The van der Waals surface area contributed by atoms with Crippen LogP contribution in [0.3, 0.4) is 0 Å². The molecule has 1 aliphatic heterocycles. The second-order valence-corrected chi connectivity index (χ2v) is 8.76. The van der Waals surface area contributed by atoms with Crippen LogP contribution in [0.1, 0.15) is 20.3 Å². The highest BCUT2D eigenvalue weighted by Gasteiger charge is 2.26. The lowest BCUT2D eigenvalue weighted by Gasteiger charge is -2.39. The number of rotatable bonds is 11. The molecular formula is C26H32ClN5O3. The summed E-state index contributed by atoms with van der Waals surface area (Å²) in [6.07, 6.45) is 9.40. The highest BCUT2D eigenvalue weighted by atomic mass is 35.5. The molecule has 9 heteroatoms. The van der Waals surface area contributed by atoms with Gasteiger partial charge in [0.1, 0.15) is 17.9 Å². The largest absolute Gasteiger partial charge is 0.494 e. The summed E-state index contributed by atoms with van der Waals surface area (Å²) in [6, 6.07) is 3.97. The third-order valence-electron chi connectivity index (χ3n) is 5.69. The summed E-state index contributed by atoms with van der Waals surface area (Å²) in [4.78, 5) is 23.6. The molecule has 1 aromatic carbocycles. The van der Waals surface area contributed by atoms with Crippen LogP contribution in [0.5, 0.6) is 5.75 Å². The maximum atomic E-state index is 12.6. The molecule has 1 fully saturated rings. The number of hydrogen-bond donors (Lipinski definition) is 2. The number of hydrogen-bond acceptors (Lipinski definition) is 7. The van der Waals surface area contributed by atoms with Crippen molar-refractivity contribution >= 4 is 39.9 Å². The van der Waals surface area contributed by atoms with Gasteiger partial charge in [0.05, 0.1) is 24.9 Å². The number of ether oxygens (including phenoxy) is 2. The molecular weight excluding hydrogens is 466 g/mol. The third-order valence-corrected chi connectivity index (χ3v) is 6.18. The summed E-state index contributed by atoms with van der Waals surface area (Å²) in [6.45, 7) is 10.1. The minimum atomic E-state index is -0.250. The quantitative estimate of drug-likeness (QED) is 0.338. The number of fused-ring (bicyclic) bond motifs is 1. The van der Waals surface area contributed by atoms with Gasteiger partial charge in [-0.3, -0.25) is 9.69 Å². The van der Waals surface area contributed by atoms with Gasteiger partial charge in [-0.2, -0.15) is 0 Å². The van der Waals surface area contributed by atoms with E-state index in [1.54, 1.807) is 38.5 Å². The predicted molar refractivity (Wildman–Crippen MR) is 142 cm³/mol. The van der Waals surface area contributed by atoms with Crippen LogP contribution < -0.4 is 15.4 Å². The lowest BCUT2D eigenvalue weighted by atomic mass is 10.0. The molecule has 0 spiro atoms. The molecule has 35 heavy (non-hydrogen) atoms. The Labute approximate surface area is 211 Å². The summed E-state index contributed by atoms with van der Waals surface area (Å²) in [5.74, 6) is 0.800. The summed E-state index contributed by atoms with van der Waals surface area (Å²) in [5, 5.41) is 7.46. The van der Waals surface area contributed by atoms with E-state index in [1.165, 1.54) is 12.4 Å². The number of carbonyl (C=O) groups is 1. The van der Waals surface area contributed by atoms with E-state index in [0.29, 0.717) is 58.1 Å². The average Bonchev–Trinajstić information content (AvgIpc) is 2.83. The molecule has 0 bridgehead atoms. The zero-order valence-corrected chi connectivity index (χ0v) is 21.4. The number of carbonyl (C=O) groups excluding carboxylic acids is 1. The topological polar surface area (TPSA) is 88.6 Å². The van der Waals surface area contributed by atoms with Gasteiger partial charge in [-0.25, -0.2) is 9.97 Å². The van der Waals surface area contributed by atoms with E-state index in [1.807, 2.05) is 19.9 Å². The number of methoxy groups -OCH3 is 2. The van der Waals surface area contributed by atoms with Crippen molar-refractivity contribution in [3.05, 3.63) is 65.6 Å². The number of allylic oxidation sites excluding steroid dienone is 4. The Morgan fingerprint density at radius 2 is 2.09 bits per heavy atom. The zero-order chi connectivity index (χ0) is 25.4. The first-order valence-electron chi connectivity index (χ1n) is 11.3.